The molecule has 196 valence electrons. The van der Waals surface area contributed by atoms with E-state index in [0.29, 0.717) is 13.2 Å². The van der Waals surface area contributed by atoms with Gasteiger partial charge in [0.15, 0.2) is 0 Å². The Balaban J connectivity index is 1.89. The molecule has 2 heterocycles. The van der Waals surface area contributed by atoms with Crippen molar-refractivity contribution in [3.8, 4) is 0 Å². The zero-order valence-corrected chi connectivity index (χ0v) is 25.5. The molecule has 0 bridgehead atoms. The van der Waals surface area contributed by atoms with Gasteiger partial charge in [-0.1, -0.05) is 45.3 Å². The fraction of sp³-hybridized carbons (Fsp3) is 0.720. The number of hydrogen-bond donors (Lipinski definition) is 0. The van der Waals surface area contributed by atoms with Crippen molar-refractivity contribution in [2.45, 2.75) is 104 Å². The van der Waals surface area contributed by atoms with Gasteiger partial charge < -0.3 is 18.8 Å². The Labute approximate surface area is 213 Å². The lowest BCUT2D eigenvalue weighted by atomic mass is 9.79. The highest BCUT2D eigenvalue weighted by molar-refractivity contribution is 6.76. The van der Waals surface area contributed by atoms with E-state index in [4.69, 9.17) is 18.8 Å². The van der Waals surface area contributed by atoms with Gasteiger partial charge in [0.1, 0.15) is 13.5 Å². The monoisotopic (exact) mass is 520 g/mol. The molecule has 0 amide bonds. The summed E-state index contributed by atoms with van der Waals surface area (Å²) in [6.45, 7) is 23.9. The molecule has 0 unspecified atom stereocenters. The second-order valence-electron chi connectivity index (χ2n) is 13.2. The number of ether oxygens (including phenoxy) is 2. The molecule has 7 nitrogen and oxygen atoms in total. The maximum atomic E-state index is 13.4. The van der Waals surface area contributed by atoms with E-state index >= 15 is 0 Å². The van der Waals surface area contributed by atoms with Gasteiger partial charge in [-0.15, -0.1) is 0 Å². The van der Waals surface area contributed by atoms with Crippen molar-refractivity contribution in [1.29, 1.82) is 0 Å². The average molecular weight is 521 g/mol. The minimum Gasteiger partial charge on any atom is -0.399 e. The Hall–Kier alpha value is -1.17. The van der Waals surface area contributed by atoms with Gasteiger partial charge in [-0.3, -0.25) is 9.13 Å². The van der Waals surface area contributed by atoms with E-state index in [1.165, 1.54) is 0 Å². The van der Waals surface area contributed by atoms with Gasteiger partial charge in [-0.25, -0.2) is 4.79 Å². The van der Waals surface area contributed by atoms with Gasteiger partial charge in [0.25, 0.3) is 0 Å². The number of fused-ring (bicyclic) bond motifs is 1. The number of benzene rings is 1. The quantitative estimate of drug-likeness (QED) is 0.317. The van der Waals surface area contributed by atoms with Crippen LogP contribution in [0.2, 0.25) is 51.4 Å². The van der Waals surface area contributed by atoms with Crippen LogP contribution in [0.25, 0.3) is 11.0 Å². The van der Waals surface area contributed by atoms with Crippen LogP contribution in [0.3, 0.4) is 0 Å². The van der Waals surface area contributed by atoms with Gasteiger partial charge in [-0.05, 0) is 57.4 Å². The molecule has 10 heteroatoms. The average Bonchev–Trinajstić information content (AvgIpc) is 3.09. The van der Waals surface area contributed by atoms with Crippen molar-refractivity contribution in [2.75, 3.05) is 13.2 Å². The number of rotatable bonds is 11. The molecule has 1 aliphatic rings. The van der Waals surface area contributed by atoms with Crippen LogP contribution in [-0.4, -0.2) is 56.8 Å². The molecule has 3 rings (SSSR count). The normalized spacial score (nSPS) is 18.1. The van der Waals surface area contributed by atoms with Crippen LogP contribution in [0.5, 0.6) is 0 Å². The van der Waals surface area contributed by atoms with Crippen molar-refractivity contribution in [3.05, 3.63) is 28.7 Å². The standard InChI is InChI=1S/C25H45BN2O5Si2/c1-24(2)25(3,4)33-26(32-24)20-11-12-21-22(17-20)28(19-31-14-16-35(8,9)10)23(29)27(21)18-30-13-15-34(5,6)7/h11-12,17H,13-16,18-19H2,1-10H3. The van der Waals surface area contributed by atoms with Crippen molar-refractivity contribution in [2.24, 2.45) is 0 Å². The molecule has 0 saturated carbocycles. The van der Waals surface area contributed by atoms with Crippen LogP contribution < -0.4 is 11.2 Å². The predicted molar refractivity (Wildman–Crippen MR) is 150 cm³/mol. The first-order valence-electron chi connectivity index (χ1n) is 12.7. The Morgan fingerprint density at radius 3 is 1.71 bits per heavy atom. The molecule has 35 heavy (non-hydrogen) atoms. The summed E-state index contributed by atoms with van der Waals surface area (Å²) in [7, 11) is -2.91. The Kier molecular flexibility index (Phi) is 8.36. The zero-order valence-electron chi connectivity index (χ0n) is 23.5. The third-order valence-corrected chi connectivity index (χ3v) is 10.4. The van der Waals surface area contributed by atoms with E-state index in [-0.39, 0.29) is 19.2 Å². The van der Waals surface area contributed by atoms with E-state index < -0.39 is 34.5 Å². The molecule has 1 aliphatic heterocycles. The van der Waals surface area contributed by atoms with Crippen LogP contribution in [0.15, 0.2) is 23.0 Å². The lowest BCUT2D eigenvalue weighted by Crippen LogP contribution is -2.41. The molecule has 0 spiro atoms. The minimum atomic E-state index is -1.22. The topological polar surface area (TPSA) is 63.9 Å². The van der Waals surface area contributed by atoms with Crippen molar-refractivity contribution in [3.63, 3.8) is 0 Å². The van der Waals surface area contributed by atoms with Gasteiger partial charge in [0.05, 0.1) is 22.2 Å². The molecule has 0 aliphatic carbocycles. The molecular weight excluding hydrogens is 475 g/mol. The van der Waals surface area contributed by atoms with Crippen LogP contribution in [0.4, 0.5) is 0 Å². The second kappa shape index (κ2) is 10.3. The molecule has 1 saturated heterocycles. The van der Waals surface area contributed by atoms with E-state index in [1.807, 2.05) is 45.9 Å². The summed E-state index contributed by atoms with van der Waals surface area (Å²) in [5.74, 6) is 0. The van der Waals surface area contributed by atoms with Crippen molar-refractivity contribution >= 4 is 39.8 Å². The zero-order chi connectivity index (χ0) is 26.2. The molecule has 0 N–H and O–H groups in total. The molecule has 1 aromatic heterocycles. The number of aromatic nitrogens is 2. The first kappa shape index (κ1) is 28.4. The lowest BCUT2D eigenvalue weighted by Gasteiger charge is -2.32. The predicted octanol–water partition coefficient (Wildman–Crippen LogP) is 4.73. The summed E-state index contributed by atoms with van der Waals surface area (Å²) in [5, 5.41) is 0. The van der Waals surface area contributed by atoms with Crippen LogP contribution in [0.1, 0.15) is 27.7 Å². The van der Waals surface area contributed by atoms with Gasteiger partial charge in [-0.2, -0.15) is 0 Å². The summed E-state index contributed by atoms with van der Waals surface area (Å²) in [6.07, 6.45) is 0. The van der Waals surface area contributed by atoms with Crippen LogP contribution in [-0.2, 0) is 32.2 Å². The van der Waals surface area contributed by atoms with Gasteiger partial charge >= 0.3 is 12.8 Å². The molecule has 2 aromatic rings. The Morgan fingerprint density at radius 1 is 0.800 bits per heavy atom. The summed E-state index contributed by atoms with van der Waals surface area (Å²) in [4.78, 5) is 13.4. The SMILES string of the molecule is CC1(C)OB(c2ccc3c(c2)n(COCC[Si](C)(C)C)c(=O)n3COCC[Si](C)(C)C)OC1(C)C. The maximum Gasteiger partial charge on any atom is 0.494 e. The highest BCUT2D eigenvalue weighted by atomic mass is 28.3. The third-order valence-electron chi connectivity index (χ3n) is 7.00. The number of hydrogen-bond acceptors (Lipinski definition) is 5. The van der Waals surface area contributed by atoms with Crippen molar-refractivity contribution < 1.29 is 18.8 Å². The fourth-order valence-electron chi connectivity index (χ4n) is 3.78. The molecule has 1 aromatic carbocycles. The smallest absolute Gasteiger partial charge is 0.399 e. The largest absolute Gasteiger partial charge is 0.494 e. The fourth-order valence-corrected chi connectivity index (χ4v) is 5.29. The molecule has 0 atom stereocenters. The van der Waals surface area contributed by atoms with E-state index in [0.717, 1.165) is 28.6 Å². The first-order valence-corrected chi connectivity index (χ1v) is 20.2. The van der Waals surface area contributed by atoms with E-state index in [2.05, 4.69) is 39.3 Å². The molecular formula is C25H45BN2O5Si2. The Bertz CT molecular complexity index is 1070. The van der Waals surface area contributed by atoms with Crippen LogP contribution >= 0.6 is 0 Å². The number of imidazole rings is 1. The maximum absolute atomic E-state index is 13.4. The summed E-state index contributed by atoms with van der Waals surface area (Å²) in [6, 6.07) is 8.07. The van der Waals surface area contributed by atoms with E-state index in [9.17, 15) is 4.79 Å². The van der Waals surface area contributed by atoms with Gasteiger partial charge in [0, 0.05) is 29.4 Å². The van der Waals surface area contributed by atoms with Gasteiger partial charge in [0.2, 0.25) is 0 Å². The highest BCUT2D eigenvalue weighted by Gasteiger charge is 2.51. The molecule has 0 radical (unpaired) electrons. The van der Waals surface area contributed by atoms with Crippen molar-refractivity contribution in [1.82, 2.24) is 9.13 Å². The van der Waals surface area contributed by atoms with E-state index in [1.54, 1.807) is 9.13 Å². The summed E-state index contributed by atoms with van der Waals surface area (Å²) in [5.41, 5.74) is 1.56. The third kappa shape index (κ3) is 6.99. The van der Waals surface area contributed by atoms with Crippen LogP contribution in [0, 0.1) is 0 Å². The minimum absolute atomic E-state index is 0.118. The molecule has 1 fully saturated rings. The highest BCUT2D eigenvalue weighted by Crippen LogP contribution is 2.36. The summed E-state index contributed by atoms with van der Waals surface area (Å²) >= 11 is 0. The Morgan fingerprint density at radius 2 is 1.26 bits per heavy atom. The first-order chi connectivity index (χ1) is 16.0. The lowest BCUT2D eigenvalue weighted by molar-refractivity contribution is 0.00578. The summed E-state index contributed by atoms with van der Waals surface area (Å²) < 4.78 is 27.9. The second-order valence-corrected chi connectivity index (χ2v) is 24.4. The number of nitrogens with zero attached hydrogens (tertiary/aromatic N) is 2.